The molecular formula is C16H12ClN5OS2. The van der Waals surface area contributed by atoms with Gasteiger partial charge in [0.05, 0.1) is 12.2 Å². The van der Waals surface area contributed by atoms with Crippen molar-refractivity contribution in [3.8, 4) is 11.3 Å². The van der Waals surface area contributed by atoms with Gasteiger partial charge in [-0.3, -0.25) is 4.79 Å². The number of hydrogen-bond acceptors (Lipinski definition) is 7. The summed E-state index contributed by atoms with van der Waals surface area (Å²) in [6.07, 6.45) is 1.73. The summed E-state index contributed by atoms with van der Waals surface area (Å²) in [6.45, 7) is 2.50. The minimum atomic E-state index is -0.336. The Balaban J connectivity index is 1.74. The average molecular weight is 390 g/mol. The lowest BCUT2D eigenvalue weighted by Gasteiger charge is -2.10. The third kappa shape index (κ3) is 3.15. The molecule has 3 aromatic heterocycles. The first-order valence-electron chi connectivity index (χ1n) is 7.40. The van der Waals surface area contributed by atoms with Crippen molar-refractivity contribution in [1.29, 1.82) is 0 Å². The van der Waals surface area contributed by atoms with E-state index in [4.69, 9.17) is 11.6 Å². The first kappa shape index (κ1) is 16.2. The van der Waals surface area contributed by atoms with Crippen LogP contribution in [0.25, 0.3) is 16.2 Å². The van der Waals surface area contributed by atoms with Gasteiger partial charge >= 0.3 is 5.56 Å². The van der Waals surface area contributed by atoms with E-state index in [1.54, 1.807) is 10.7 Å². The maximum atomic E-state index is 12.4. The van der Waals surface area contributed by atoms with Crippen molar-refractivity contribution in [2.45, 2.75) is 13.5 Å². The molecule has 126 valence electrons. The molecule has 3 heterocycles. The molecule has 0 bridgehead atoms. The molecule has 0 aliphatic carbocycles. The van der Waals surface area contributed by atoms with Crippen LogP contribution < -0.4 is 10.9 Å². The Morgan fingerprint density at radius 2 is 2.16 bits per heavy atom. The maximum absolute atomic E-state index is 12.4. The van der Waals surface area contributed by atoms with Crippen molar-refractivity contribution < 1.29 is 0 Å². The van der Waals surface area contributed by atoms with Gasteiger partial charge in [-0.25, -0.2) is 9.50 Å². The highest BCUT2D eigenvalue weighted by Gasteiger charge is 2.14. The summed E-state index contributed by atoms with van der Waals surface area (Å²) < 4.78 is 2.20. The molecule has 0 fully saturated rings. The Hall–Kier alpha value is -2.29. The van der Waals surface area contributed by atoms with Crippen molar-refractivity contribution in [1.82, 2.24) is 19.6 Å². The Morgan fingerprint density at radius 1 is 1.32 bits per heavy atom. The van der Waals surface area contributed by atoms with Crippen molar-refractivity contribution in [2.24, 2.45) is 0 Å². The number of fused-ring (bicyclic) bond motifs is 1. The number of hydrogen-bond donors (Lipinski definition) is 1. The monoisotopic (exact) mass is 389 g/mol. The molecule has 4 aromatic rings. The molecular weight excluding hydrogens is 378 g/mol. The van der Waals surface area contributed by atoms with Crippen LogP contribution in [0.1, 0.15) is 10.6 Å². The van der Waals surface area contributed by atoms with Crippen LogP contribution in [0.15, 0.2) is 40.6 Å². The highest BCUT2D eigenvalue weighted by Crippen LogP contribution is 2.26. The van der Waals surface area contributed by atoms with Crippen LogP contribution in [0.4, 0.5) is 5.69 Å². The van der Waals surface area contributed by atoms with E-state index in [9.17, 15) is 4.79 Å². The normalized spacial score (nSPS) is 11.1. The minimum Gasteiger partial charge on any atom is -0.380 e. The Labute approximate surface area is 155 Å². The van der Waals surface area contributed by atoms with E-state index in [0.29, 0.717) is 21.7 Å². The smallest absolute Gasteiger partial charge is 0.300 e. The number of thiazole rings is 2. The van der Waals surface area contributed by atoms with E-state index < -0.39 is 0 Å². The second-order valence-electron chi connectivity index (χ2n) is 5.32. The van der Waals surface area contributed by atoms with Crippen LogP contribution in [0.3, 0.4) is 0 Å². The molecule has 0 unspecified atom stereocenters. The third-order valence-corrected chi connectivity index (χ3v) is 5.66. The fraction of sp³-hybridized carbons (Fsp3) is 0.125. The van der Waals surface area contributed by atoms with Gasteiger partial charge in [0.1, 0.15) is 0 Å². The minimum absolute atomic E-state index is 0.324. The van der Waals surface area contributed by atoms with E-state index in [1.807, 2.05) is 36.6 Å². The zero-order valence-corrected chi connectivity index (χ0v) is 15.5. The summed E-state index contributed by atoms with van der Waals surface area (Å²) in [7, 11) is 0. The molecule has 4 rings (SSSR count). The van der Waals surface area contributed by atoms with Gasteiger partial charge in [-0.05, 0) is 13.0 Å². The van der Waals surface area contributed by atoms with Gasteiger partial charge in [0, 0.05) is 27.7 Å². The van der Waals surface area contributed by atoms with Crippen molar-refractivity contribution >= 4 is 44.9 Å². The lowest BCUT2D eigenvalue weighted by molar-refractivity contribution is 0.874. The number of aryl methyl sites for hydroxylation is 1. The Morgan fingerprint density at radius 3 is 2.96 bits per heavy atom. The van der Waals surface area contributed by atoms with Crippen molar-refractivity contribution in [2.75, 3.05) is 5.32 Å². The molecule has 0 atom stereocenters. The number of aromatic nitrogens is 4. The molecule has 0 saturated heterocycles. The molecule has 0 radical (unpaired) electrons. The lowest BCUT2D eigenvalue weighted by atomic mass is 10.1. The Bertz CT molecular complexity index is 1120. The first-order valence-corrected chi connectivity index (χ1v) is 9.48. The van der Waals surface area contributed by atoms with E-state index >= 15 is 0 Å². The zero-order chi connectivity index (χ0) is 17.4. The predicted molar refractivity (Wildman–Crippen MR) is 102 cm³/mol. The van der Waals surface area contributed by atoms with Gasteiger partial charge in [0.25, 0.3) is 0 Å². The molecule has 0 aliphatic rings. The number of anilines is 1. The number of nitrogens with zero attached hydrogens (tertiary/aromatic N) is 4. The molecule has 0 saturated carbocycles. The number of halogens is 1. The Kier molecular flexibility index (Phi) is 4.24. The second kappa shape index (κ2) is 6.55. The molecule has 6 nitrogen and oxygen atoms in total. The maximum Gasteiger partial charge on any atom is 0.300 e. The topological polar surface area (TPSA) is 72.2 Å². The van der Waals surface area contributed by atoms with Crippen molar-refractivity contribution in [3.05, 3.63) is 61.2 Å². The summed E-state index contributed by atoms with van der Waals surface area (Å²) in [5, 5.41) is 9.76. The van der Waals surface area contributed by atoms with Crippen LogP contribution in [-0.4, -0.2) is 19.6 Å². The van der Waals surface area contributed by atoms with Gasteiger partial charge < -0.3 is 5.32 Å². The first-order chi connectivity index (χ1) is 12.1. The largest absolute Gasteiger partial charge is 0.380 e. The van der Waals surface area contributed by atoms with E-state index in [2.05, 4.69) is 20.4 Å². The highest BCUT2D eigenvalue weighted by atomic mass is 35.5. The predicted octanol–water partition coefficient (Wildman–Crippen LogP) is 3.85. The molecule has 9 heteroatoms. The van der Waals surface area contributed by atoms with Crippen LogP contribution in [0, 0.1) is 6.92 Å². The summed E-state index contributed by atoms with van der Waals surface area (Å²) >= 11 is 8.69. The summed E-state index contributed by atoms with van der Waals surface area (Å²) in [6, 6.07) is 7.56. The van der Waals surface area contributed by atoms with Gasteiger partial charge in [0.2, 0.25) is 4.96 Å². The number of rotatable bonds is 4. The van der Waals surface area contributed by atoms with Gasteiger partial charge in [-0.15, -0.1) is 22.7 Å². The standard InChI is InChI=1S/C16H12ClN5OS2/c1-9-8-24-16-20-14(23)13(21-22(9)16)11-4-2-3-5-12(11)18-6-10-7-19-15(17)25-10/h2-5,7-8,18H,6H2,1H3. The molecule has 0 amide bonds. The molecule has 25 heavy (non-hydrogen) atoms. The van der Waals surface area contributed by atoms with Gasteiger partial charge in [-0.2, -0.15) is 10.1 Å². The van der Waals surface area contributed by atoms with Gasteiger partial charge in [-0.1, -0.05) is 29.8 Å². The van der Waals surface area contributed by atoms with Crippen LogP contribution in [0.2, 0.25) is 4.47 Å². The second-order valence-corrected chi connectivity index (χ2v) is 7.85. The highest BCUT2D eigenvalue weighted by molar-refractivity contribution is 7.15. The van der Waals surface area contributed by atoms with Gasteiger partial charge in [0.15, 0.2) is 10.2 Å². The quantitative estimate of drug-likeness (QED) is 0.574. The molecule has 0 aliphatic heterocycles. The van der Waals surface area contributed by atoms with Crippen LogP contribution >= 0.6 is 34.3 Å². The van der Waals surface area contributed by atoms with Crippen molar-refractivity contribution in [3.63, 3.8) is 0 Å². The SMILES string of the molecule is Cc1csc2nc(=O)c(-c3ccccc3NCc3cnc(Cl)s3)nn12. The average Bonchev–Trinajstić information content (AvgIpc) is 3.18. The van der Waals surface area contributed by atoms with Crippen LogP contribution in [0.5, 0.6) is 0 Å². The number of benzene rings is 1. The fourth-order valence-corrected chi connectivity index (χ4v) is 4.14. The molecule has 0 spiro atoms. The van der Waals surface area contributed by atoms with E-state index in [0.717, 1.165) is 21.8 Å². The lowest BCUT2D eigenvalue weighted by Crippen LogP contribution is -2.16. The summed E-state index contributed by atoms with van der Waals surface area (Å²) in [4.78, 5) is 22.2. The number of para-hydroxylation sites is 1. The van der Waals surface area contributed by atoms with E-state index in [-0.39, 0.29) is 5.56 Å². The molecule has 1 aromatic carbocycles. The third-order valence-electron chi connectivity index (χ3n) is 3.61. The van der Waals surface area contributed by atoms with Crippen LogP contribution in [-0.2, 0) is 6.54 Å². The van der Waals surface area contributed by atoms with E-state index in [1.165, 1.54) is 22.7 Å². The molecule has 1 N–H and O–H groups in total. The summed E-state index contributed by atoms with van der Waals surface area (Å²) in [5.74, 6) is 0. The fourth-order valence-electron chi connectivity index (χ4n) is 2.43. The number of nitrogens with one attached hydrogen (secondary N) is 1. The summed E-state index contributed by atoms with van der Waals surface area (Å²) in [5.41, 5.74) is 2.46. The zero-order valence-electron chi connectivity index (χ0n) is 13.1.